The fraction of sp³-hybridized carbons (Fsp3) is 0.476. The number of amides is 1. The minimum atomic E-state index is 0.0222. The molecule has 0 aliphatic heterocycles. The molecule has 3 aliphatic carbocycles. The molecule has 4 nitrogen and oxygen atoms in total. The van der Waals surface area contributed by atoms with Crippen LogP contribution >= 0.6 is 0 Å². The molecule has 0 heterocycles. The van der Waals surface area contributed by atoms with E-state index in [1.54, 1.807) is 7.11 Å². The second-order valence-corrected chi connectivity index (χ2v) is 7.34. The average Bonchev–Trinajstić information content (AvgIpc) is 2.54. The number of hydrogen-bond acceptors (Lipinski definition) is 3. The van der Waals surface area contributed by atoms with E-state index in [0.717, 1.165) is 48.5 Å². The molecule has 3 fully saturated rings. The lowest BCUT2D eigenvalue weighted by Crippen LogP contribution is -2.68. The minimum Gasteiger partial charge on any atom is -0.501 e. The smallest absolute Gasteiger partial charge is 0.251 e. The number of aliphatic hydroxyl groups is 1. The first-order valence-corrected chi connectivity index (χ1v) is 9.00. The molecule has 0 saturated heterocycles. The molecule has 1 amide bonds. The fourth-order valence-corrected chi connectivity index (χ4v) is 3.72. The summed E-state index contributed by atoms with van der Waals surface area (Å²) in [4.78, 5) is 12.5. The lowest BCUT2D eigenvalue weighted by Gasteiger charge is -2.61. The molecule has 4 rings (SSSR count). The van der Waals surface area contributed by atoms with Crippen LogP contribution < -0.4 is 5.32 Å². The predicted octanol–water partition coefficient (Wildman–Crippen LogP) is 3.68. The van der Waals surface area contributed by atoms with Gasteiger partial charge in [0.05, 0.1) is 12.9 Å². The number of benzene rings is 1. The van der Waals surface area contributed by atoms with E-state index in [2.05, 4.69) is 11.4 Å². The van der Waals surface area contributed by atoms with Gasteiger partial charge in [0.25, 0.3) is 5.91 Å². The van der Waals surface area contributed by atoms with Crippen molar-refractivity contribution in [3.63, 3.8) is 0 Å². The second-order valence-electron chi connectivity index (χ2n) is 7.34. The highest BCUT2D eigenvalue weighted by molar-refractivity contribution is 5.95. The van der Waals surface area contributed by atoms with Crippen LogP contribution in [0.5, 0.6) is 0 Å². The van der Waals surface area contributed by atoms with Crippen LogP contribution in [0.4, 0.5) is 0 Å². The summed E-state index contributed by atoms with van der Waals surface area (Å²) in [6.07, 6.45) is 8.92. The van der Waals surface area contributed by atoms with Crippen molar-refractivity contribution in [2.75, 3.05) is 13.7 Å². The molecular weight excluding hydrogens is 314 g/mol. The third-order valence-electron chi connectivity index (χ3n) is 5.25. The summed E-state index contributed by atoms with van der Waals surface area (Å²) in [6, 6.07) is 7.70. The zero-order chi connectivity index (χ0) is 17.9. The summed E-state index contributed by atoms with van der Waals surface area (Å²) in [5.74, 6) is 1.69. The summed E-state index contributed by atoms with van der Waals surface area (Å²) in [5.41, 5.74) is 2.86. The highest BCUT2D eigenvalue weighted by atomic mass is 16.5. The van der Waals surface area contributed by atoms with Crippen LogP contribution in [0.15, 0.2) is 41.7 Å². The first kappa shape index (κ1) is 17.7. The van der Waals surface area contributed by atoms with Crippen molar-refractivity contribution in [3.8, 4) is 0 Å². The molecule has 3 aliphatic rings. The van der Waals surface area contributed by atoms with Gasteiger partial charge in [-0.25, -0.2) is 0 Å². The zero-order valence-electron chi connectivity index (χ0n) is 15.0. The quantitative estimate of drug-likeness (QED) is 0.560. The molecular formula is C21H27NO3. The summed E-state index contributed by atoms with van der Waals surface area (Å²) in [5, 5.41) is 12.3. The van der Waals surface area contributed by atoms with Gasteiger partial charge in [-0.3, -0.25) is 4.79 Å². The maximum Gasteiger partial charge on any atom is 0.251 e. The molecule has 0 spiro atoms. The van der Waals surface area contributed by atoms with Gasteiger partial charge in [-0.2, -0.15) is 0 Å². The van der Waals surface area contributed by atoms with Gasteiger partial charge in [-0.1, -0.05) is 18.2 Å². The van der Waals surface area contributed by atoms with Crippen molar-refractivity contribution >= 4 is 12.0 Å². The van der Waals surface area contributed by atoms with Crippen LogP contribution in [0, 0.1) is 5.92 Å². The first-order valence-electron chi connectivity index (χ1n) is 9.00. The van der Waals surface area contributed by atoms with Crippen LogP contribution in [0.2, 0.25) is 0 Å². The molecule has 4 heteroatoms. The van der Waals surface area contributed by atoms with E-state index in [1.165, 1.54) is 0 Å². The molecule has 2 bridgehead atoms. The molecule has 3 saturated carbocycles. The number of ether oxygens (including phenoxy) is 1. The van der Waals surface area contributed by atoms with Crippen molar-refractivity contribution in [2.24, 2.45) is 5.92 Å². The highest BCUT2D eigenvalue weighted by Crippen LogP contribution is 2.56. The Labute approximate surface area is 149 Å². The largest absolute Gasteiger partial charge is 0.501 e. The number of methoxy groups -OCH3 is 1. The van der Waals surface area contributed by atoms with Gasteiger partial charge < -0.3 is 15.2 Å². The molecule has 0 atom stereocenters. The van der Waals surface area contributed by atoms with Crippen LogP contribution in [0.25, 0.3) is 6.08 Å². The van der Waals surface area contributed by atoms with Crippen LogP contribution in [0.3, 0.4) is 0 Å². The number of nitrogens with one attached hydrogen (secondary N) is 1. The third-order valence-corrected chi connectivity index (χ3v) is 5.25. The van der Waals surface area contributed by atoms with Crippen molar-refractivity contribution in [1.82, 2.24) is 5.32 Å². The monoisotopic (exact) mass is 341 g/mol. The molecule has 0 unspecified atom stereocenters. The number of rotatable bonds is 8. The summed E-state index contributed by atoms with van der Waals surface area (Å²) in [6.45, 7) is 2.06. The Morgan fingerprint density at radius 2 is 2.16 bits per heavy atom. The van der Waals surface area contributed by atoms with Gasteiger partial charge in [0.15, 0.2) is 0 Å². The number of carbonyl (C=O) groups is 1. The maximum absolute atomic E-state index is 12.5. The normalized spacial score (nSPS) is 25.0. The molecule has 0 aromatic heterocycles. The second kappa shape index (κ2) is 7.44. The SMILES string of the molecule is CO/C(C)=C/C(=C/c1cccc(C(=O)NC23CC(C2)C3)c1)CCCO. The summed E-state index contributed by atoms with van der Waals surface area (Å²) < 4.78 is 5.23. The Balaban J connectivity index is 1.74. The van der Waals surface area contributed by atoms with E-state index < -0.39 is 0 Å². The standard InChI is InChI=1S/C21H27NO3/c1-15(25-2)9-16(6-4-8-23)10-17-5-3-7-19(11-17)20(24)22-21-12-18(13-21)14-21/h3,5,7,9-11,18,23H,4,6,8,12-14H2,1-2H3,(H,22,24)/b15-9+,16-10+. The Morgan fingerprint density at radius 3 is 2.76 bits per heavy atom. The van der Waals surface area contributed by atoms with Gasteiger partial charge in [0.1, 0.15) is 0 Å². The molecule has 1 aromatic carbocycles. The van der Waals surface area contributed by atoms with Crippen molar-refractivity contribution < 1.29 is 14.6 Å². The lowest BCUT2D eigenvalue weighted by atomic mass is 9.50. The number of hydrogen-bond donors (Lipinski definition) is 2. The molecule has 25 heavy (non-hydrogen) atoms. The van der Waals surface area contributed by atoms with Crippen molar-refractivity contribution in [2.45, 2.75) is 44.6 Å². The van der Waals surface area contributed by atoms with Crippen molar-refractivity contribution in [1.29, 1.82) is 0 Å². The van der Waals surface area contributed by atoms with Gasteiger partial charge in [0.2, 0.25) is 0 Å². The zero-order valence-corrected chi connectivity index (χ0v) is 15.0. The minimum absolute atomic E-state index is 0.0222. The Morgan fingerprint density at radius 1 is 1.40 bits per heavy atom. The summed E-state index contributed by atoms with van der Waals surface area (Å²) in [7, 11) is 1.64. The van der Waals surface area contributed by atoms with E-state index in [1.807, 2.05) is 37.3 Å². The molecule has 0 radical (unpaired) electrons. The van der Waals surface area contributed by atoms with Gasteiger partial charge in [0, 0.05) is 17.7 Å². The molecule has 134 valence electrons. The van der Waals surface area contributed by atoms with Crippen LogP contribution in [0.1, 0.15) is 54.9 Å². The van der Waals surface area contributed by atoms with Gasteiger partial charge >= 0.3 is 0 Å². The van der Waals surface area contributed by atoms with E-state index >= 15 is 0 Å². The fourth-order valence-electron chi connectivity index (χ4n) is 3.72. The van der Waals surface area contributed by atoms with Crippen LogP contribution in [-0.4, -0.2) is 30.3 Å². The average molecular weight is 341 g/mol. The molecule has 1 aromatic rings. The van der Waals surface area contributed by atoms with Gasteiger partial charge in [-0.05, 0) is 74.3 Å². The Bertz CT molecular complexity index is 688. The number of aliphatic hydroxyl groups excluding tert-OH is 1. The highest BCUT2D eigenvalue weighted by Gasteiger charge is 2.57. The molecule has 2 N–H and O–H groups in total. The van der Waals surface area contributed by atoms with E-state index in [-0.39, 0.29) is 18.1 Å². The summed E-state index contributed by atoms with van der Waals surface area (Å²) >= 11 is 0. The Hall–Kier alpha value is -2.07. The third kappa shape index (κ3) is 4.13. The van der Waals surface area contributed by atoms with E-state index in [4.69, 9.17) is 9.84 Å². The van der Waals surface area contributed by atoms with Gasteiger partial charge in [-0.15, -0.1) is 0 Å². The topological polar surface area (TPSA) is 58.6 Å². The predicted molar refractivity (Wildman–Crippen MR) is 99.0 cm³/mol. The van der Waals surface area contributed by atoms with E-state index in [0.29, 0.717) is 12.0 Å². The van der Waals surface area contributed by atoms with Crippen molar-refractivity contribution in [3.05, 3.63) is 52.8 Å². The maximum atomic E-state index is 12.5. The van der Waals surface area contributed by atoms with E-state index in [9.17, 15) is 4.79 Å². The number of allylic oxidation sites excluding steroid dienone is 3. The number of carbonyl (C=O) groups excluding carboxylic acids is 1. The first-order chi connectivity index (χ1) is 12.0. The van der Waals surface area contributed by atoms with Crippen LogP contribution in [-0.2, 0) is 4.74 Å². The Kier molecular flexibility index (Phi) is 5.28. The lowest BCUT2D eigenvalue weighted by molar-refractivity contribution is -0.0438.